The van der Waals surface area contributed by atoms with E-state index >= 15 is 0 Å². The minimum atomic E-state index is -1.07. The molecule has 2 aromatic heterocycles. The van der Waals surface area contributed by atoms with Crippen LogP contribution in [0.5, 0.6) is 5.75 Å². The van der Waals surface area contributed by atoms with Crippen molar-refractivity contribution in [1.29, 1.82) is 0 Å². The van der Waals surface area contributed by atoms with E-state index in [0.29, 0.717) is 162 Å². The van der Waals surface area contributed by atoms with Gasteiger partial charge in [-0.3, -0.25) is 48.5 Å². The van der Waals surface area contributed by atoms with E-state index in [4.69, 9.17) is 73.4 Å². The van der Waals surface area contributed by atoms with E-state index in [2.05, 4.69) is 40.9 Å². The number of amides is 4. The Hall–Kier alpha value is -5.78. The van der Waals surface area contributed by atoms with Crippen molar-refractivity contribution in [2.24, 2.45) is 4.99 Å². The van der Waals surface area contributed by atoms with Crippen molar-refractivity contribution in [3.8, 4) is 10.8 Å². The monoisotopic (exact) mass is 1270 g/mol. The summed E-state index contributed by atoms with van der Waals surface area (Å²) in [5, 5.41) is 12.7. The molecule has 3 aliphatic rings. The highest BCUT2D eigenvalue weighted by molar-refractivity contribution is 7.15. The van der Waals surface area contributed by atoms with E-state index in [1.807, 2.05) is 31.2 Å². The fourth-order valence-electron chi connectivity index (χ4n) is 9.28. The van der Waals surface area contributed by atoms with Crippen molar-refractivity contribution in [1.82, 2.24) is 25.0 Å². The maximum absolute atomic E-state index is 13.2. The van der Waals surface area contributed by atoms with Gasteiger partial charge in [-0.25, -0.2) is 0 Å². The molecule has 1 N–H and O–H groups in total. The van der Waals surface area contributed by atoms with Gasteiger partial charge >= 0.3 is 0 Å². The summed E-state index contributed by atoms with van der Waals surface area (Å²) in [5.41, 5.74) is 4.11. The van der Waals surface area contributed by atoms with Gasteiger partial charge in [0.1, 0.15) is 41.0 Å². The number of methoxy groups -OCH3 is 1. The number of piperidine rings is 1. The highest BCUT2D eigenvalue weighted by atomic mass is 35.5. The molecule has 1 unspecified atom stereocenters. The zero-order chi connectivity index (χ0) is 62.9. The van der Waals surface area contributed by atoms with Crippen LogP contribution in [0.2, 0.25) is 5.02 Å². The van der Waals surface area contributed by atoms with Gasteiger partial charge in [-0.2, -0.15) is 0 Å². The zero-order valence-corrected chi connectivity index (χ0v) is 52.9. The van der Waals surface area contributed by atoms with Gasteiger partial charge in [0.05, 0.1) is 136 Å². The summed E-state index contributed by atoms with van der Waals surface area (Å²) < 4.78 is 67.1. The number of Topliss-reactive ketones (excluding diaryl/α,β-unsaturated/α-hetero) is 2. The molecule has 0 saturated carbocycles. The van der Waals surface area contributed by atoms with Crippen LogP contribution in [-0.4, -0.2) is 219 Å². The molecule has 26 heteroatoms. The quantitative estimate of drug-likeness (QED) is 0.0362. The Bertz CT molecular complexity index is 2870. The second-order valence-electron chi connectivity index (χ2n) is 20.4. The number of ketones is 2. The Labute approximate surface area is 523 Å². The number of rotatable bonds is 44. The number of fused-ring (bicyclic) bond motifs is 4. The fraction of sp³-hybridized carbons (Fsp3) is 0.597. The SMILES string of the molecule is CCCOCCOCCOCCOCCOCCCC(=O)COc1cccc2c1C(=O)N(C1CCC(=O)NC1=O)C2=O.COCCOCCOCCOCCOCCOCCCC(=O)C[C@@H]1N=C(c2ccc(Cl)cc2)c2c(sc(C)c2C)-n2c(C)nnc21. The summed E-state index contributed by atoms with van der Waals surface area (Å²) in [6.45, 7) is 18.6. The molecular formula is C62H85ClN6O18S. The number of carbonyl (C=O) groups excluding carboxylic acids is 6. The van der Waals surface area contributed by atoms with E-state index in [-0.39, 0.29) is 60.7 Å². The van der Waals surface area contributed by atoms with E-state index in [9.17, 15) is 28.8 Å². The standard InChI is InChI=1S/C33H45ClN4O7S.C29H40N2O11/c1-23-24(2)46-33-30(23)31(26-7-9-27(34)10-8-26)35-29(32-37-36-25(3)38(32)33)22-28(39)6-5-11-41-14-15-43-18-19-45-21-20-44-17-16-42-13-12-40-4;1-2-10-37-12-14-39-16-18-41-19-17-40-15-13-38-11-4-5-21(32)20-42-24-7-3-6-22-26(24)29(36)31(28(22)35)23-8-9-25(33)30-27(23)34/h7-10,29H,5-6,11-22H2,1-4H3;3,6-7,23H,2,4-5,8-20H2,1H3,(H,30,33,34)/t29-;/m0./s1. The zero-order valence-electron chi connectivity index (χ0n) is 51.3. The van der Waals surface area contributed by atoms with Crippen molar-refractivity contribution in [3.05, 3.63) is 91.8 Å². The number of hydrogen-bond acceptors (Lipinski definition) is 22. The van der Waals surface area contributed by atoms with Crippen molar-refractivity contribution in [2.75, 3.05) is 152 Å². The molecule has 24 nitrogen and oxygen atoms in total. The van der Waals surface area contributed by atoms with Crippen LogP contribution in [0.4, 0.5) is 0 Å². The lowest BCUT2D eigenvalue weighted by Crippen LogP contribution is -2.54. The number of halogens is 1. The Morgan fingerprint density at radius 1 is 0.636 bits per heavy atom. The molecule has 7 rings (SSSR count). The van der Waals surface area contributed by atoms with Gasteiger partial charge in [-0.1, -0.05) is 36.7 Å². The summed E-state index contributed by atoms with van der Waals surface area (Å²) >= 11 is 7.90. The predicted molar refractivity (Wildman–Crippen MR) is 325 cm³/mol. The number of thiophene rings is 1. The third kappa shape index (κ3) is 22.9. The Kier molecular flexibility index (Phi) is 32.5. The number of hydrogen-bond donors (Lipinski definition) is 1. The first-order chi connectivity index (χ1) is 42.8. The average molecular weight is 1270 g/mol. The van der Waals surface area contributed by atoms with Crippen LogP contribution < -0.4 is 10.1 Å². The molecule has 0 spiro atoms. The fourth-order valence-corrected chi connectivity index (χ4v) is 10.6. The summed E-state index contributed by atoms with van der Waals surface area (Å²) in [4.78, 5) is 82.4. The highest BCUT2D eigenvalue weighted by Crippen LogP contribution is 2.40. The number of ether oxygens (including phenoxy) is 12. The molecule has 5 heterocycles. The van der Waals surface area contributed by atoms with E-state index in [1.54, 1.807) is 24.5 Å². The topological polar surface area (TPSA) is 272 Å². The number of carbonyl (C=O) groups is 6. The van der Waals surface area contributed by atoms with Gasteiger partial charge in [0, 0.05) is 73.6 Å². The molecule has 1 saturated heterocycles. The third-order valence-corrected chi connectivity index (χ3v) is 15.3. The van der Waals surface area contributed by atoms with Gasteiger partial charge in [0.25, 0.3) is 11.8 Å². The first kappa shape index (κ1) is 71.3. The molecule has 2 aromatic carbocycles. The van der Waals surface area contributed by atoms with E-state index in [0.717, 1.165) is 51.2 Å². The van der Waals surface area contributed by atoms with Crippen LogP contribution in [0.25, 0.3) is 5.00 Å². The van der Waals surface area contributed by atoms with Crippen molar-refractivity contribution in [3.63, 3.8) is 0 Å². The molecule has 484 valence electrons. The number of aromatic nitrogens is 3. The summed E-state index contributed by atoms with van der Waals surface area (Å²) in [6.07, 6.45) is 3.03. The first-order valence-corrected chi connectivity index (χ1v) is 31.2. The second-order valence-corrected chi connectivity index (χ2v) is 22.1. The molecule has 0 aliphatic carbocycles. The maximum Gasteiger partial charge on any atom is 0.266 e. The first-order valence-electron chi connectivity index (χ1n) is 30.0. The lowest BCUT2D eigenvalue weighted by molar-refractivity contribution is -0.136. The minimum Gasteiger partial charge on any atom is -0.485 e. The minimum absolute atomic E-state index is 0.00923. The van der Waals surface area contributed by atoms with E-state index in [1.165, 1.54) is 17.0 Å². The number of aryl methyl sites for hydroxylation is 2. The summed E-state index contributed by atoms with van der Waals surface area (Å²) in [5.74, 6) is -0.998. The lowest BCUT2D eigenvalue weighted by Gasteiger charge is -2.27. The smallest absolute Gasteiger partial charge is 0.266 e. The molecular weight excluding hydrogens is 1180 g/mol. The normalized spacial score (nSPS) is 15.3. The number of nitrogens with one attached hydrogen (secondary N) is 1. The predicted octanol–water partition coefficient (Wildman–Crippen LogP) is 6.58. The molecule has 3 aliphatic heterocycles. The van der Waals surface area contributed by atoms with Crippen LogP contribution in [0, 0.1) is 20.8 Å². The van der Waals surface area contributed by atoms with Gasteiger partial charge in [-0.05, 0) is 76.3 Å². The molecule has 1 fully saturated rings. The highest BCUT2D eigenvalue weighted by Gasteiger charge is 2.46. The largest absolute Gasteiger partial charge is 0.485 e. The van der Waals surface area contributed by atoms with Crippen molar-refractivity contribution >= 4 is 63.8 Å². The number of aliphatic imine (C=N–C) groups is 1. The van der Waals surface area contributed by atoms with Gasteiger partial charge in [0.15, 0.2) is 11.6 Å². The third-order valence-electron chi connectivity index (χ3n) is 13.8. The Balaban J connectivity index is 0.000000282. The van der Waals surface area contributed by atoms with E-state index < -0.39 is 35.7 Å². The second kappa shape index (κ2) is 40.1. The lowest BCUT2D eigenvalue weighted by atomic mass is 9.99. The van der Waals surface area contributed by atoms with Crippen LogP contribution >= 0.6 is 22.9 Å². The van der Waals surface area contributed by atoms with Gasteiger partial charge in [0.2, 0.25) is 11.8 Å². The average Bonchev–Trinajstić information content (AvgIpc) is 1.65. The Morgan fingerprint density at radius 3 is 1.69 bits per heavy atom. The molecule has 0 bridgehead atoms. The van der Waals surface area contributed by atoms with Crippen LogP contribution in [0.15, 0.2) is 47.5 Å². The van der Waals surface area contributed by atoms with Gasteiger partial charge < -0.3 is 56.8 Å². The maximum atomic E-state index is 13.2. The van der Waals surface area contributed by atoms with Crippen LogP contribution in [0.3, 0.4) is 0 Å². The number of benzene rings is 2. The van der Waals surface area contributed by atoms with Crippen LogP contribution in [-0.2, 0) is 71.3 Å². The summed E-state index contributed by atoms with van der Waals surface area (Å²) in [7, 11) is 1.64. The molecule has 0 radical (unpaired) electrons. The molecule has 88 heavy (non-hydrogen) atoms. The Morgan fingerprint density at radius 2 is 1.16 bits per heavy atom. The van der Waals surface area contributed by atoms with Crippen molar-refractivity contribution < 1.29 is 85.6 Å². The summed E-state index contributed by atoms with van der Waals surface area (Å²) in [6, 6.07) is 10.7. The van der Waals surface area contributed by atoms with Crippen molar-refractivity contribution in [2.45, 2.75) is 91.1 Å². The molecule has 4 amide bonds. The molecule has 2 atom stereocenters. The van der Waals surface area contributed by atoms with Gasteiger partial charge in [-0.15, -0.1) is 21.5 Å². The number of nitrogens with zero attached hydrogens (tertiary/aromatic N) is 5. The molecule has 4 aromatic rings. The van der Waals surface area contributed by atoms with Crippen LogP contribution in [0.1, 0.15) is 118 Å². The number of imide groups is 2.